The summed E-state index contributed by atoms with van der Waals surface area (Å²) in [6.45, 7) is 9.22. The molecule has 2 aliphatic heterocycles. The van der Waals surface area contributed by atoms with Gasteiger partial charge in [-0.2, -0.15) is 4.31 Å². The average molecular weight is 382 g/mol. The number of sulfonamides is 1. The normalized spacial score (nSPS) is 23.0. The summed E-state index contributed by atoms with van der Waals surface area (Å²) in [5, 5.41) is 0. The van der Waals surface area contributed by atoms with Gasteiger partial charge in [0.1, 0.15) is 4.90 Å². The standard InChI is InChI=1S/C18H26N2O5S/c1-5-25-16(21)14-9-20(10-18(14)11-24-12-18)26(22,23)13-6-7-15(19-8-13)17(2,3)4/h6-8,14H,5,9-12H2,1-4H3. The van der Waals surface area contributed by atoms with Gasteiger partial charge in [-0.3, -0.25) is 9.78 Å². The molecule has 1 aromatic heterocycles. The van der Waals surface area contributed by atoms with Crippen LogP contribution in [0.1, 0.15) is 33.4 Å². The number of rotatable bonds is 4. The van der Waals surface area contributed by atoms with Gasteiger partial charge in [-0.1, -0.05) is 20.8 Å². The molecule has 2 aliphatic rings. The van der Waals surface area contributed by atoms with E-state index in [2.05, 4.69) is 4.98 Å². The van der Waals surface area contributed by atoms with Crippen LogP contribution in [0.4, 0.5) is 0 Å². The quantitative estimate of drug-likeness (QED) is 0.735. The maximum atomic E-state index is 13.0. The van der Waals surface area contributed by atoms with E-state index in [1.54, 1.807) is 19.1 Å². The molecule has 8 heteroatoms. The van der Waals surface area contributed by atoms with Crippen LogP contribution < -0.4 is 0 Å². The molecule has 2 saturated heterocycles. The lowest BCUT2D eigenvalue weighted by Gasteiger charge is -2.41. The number of esters is 1. The summed E-state index contributed by atoms with van der Waals surface area (Å²) in [4.78, 5) is 16.8. The van der Waals surface area contributed by atoms with Crippen LogP contribution in [0.3, 0.4) is 0 Å². The van der Waals surface area contributed by atoms with Crippen LogP contribution in [-0.2, 0) is 29.7 Å². The molecule has 0 bridgehead atoms. The molecule has 2 fully saturated rings. The second-order valence-electron chi connectivity index (χ2n) is 8.09. The first-order valence-corrected chi connectivity index (χ1v) is 10.3. The van der Waals surface area contributed by atoms with Crippen LogP contribution in [0.5, 0.6) is 0 Å². The zero-order valence-corrected chi connectivity index (χ0v) is 16.5. The van der Waals surface area contributed by atoms with Gasteiger partial charge in [0, 0.05) is 35.8 Å². The molecule has 0 radical (unpaired) electrons. The van der Waals surface area contributed by atoms with Crippen molar-refractivity contribution in [2.75, 3.05) is 32.9 Å². The largest absolute Gasteiger partial charge is 0.466 e. The molecule has 0 aliphatic carbocycles. The highest BCUT2D eigenvalue weighted by Crippen LogP contribution is 2.44. The van der Waals surface area contributed by atoms with Gasteiger partial charge < -0.3 is 9.47 Å². The summed E-state index contributed by atoms with van der Waals surface area (Å²) in [7, 11) is -3.72. The Kier molecular flexibility index (Phi) is 4.87. The highest BCUT2D eigenvalue weighted by atomic mass is 32.2. The zero-order chi connectivity index (χ0) is 19.2. The van der Waals surface area contributed by atoms with E-state index in [1.165, 1.54) is 10.5 Å². The van der Waals surface area contributed by atoms with Crippen molar-refractivity contribution >= 4 is 16.0 Å². The Morgan fingerprint density at radius 1 is 1.38 bits per heavy atom. The molecule has 144 valence electrons. The summed E-state index contributed by atoms with van der Waals surface area (Å²) in [6, 6.07) is 3.33. The maximum Gasteiger partial charge on any atom is 0.311 e. The number of aromatic nitrogens is 1. The number of nitrogens with zero attached hydrogens (tertiary/aromatic N) is 2. The Labute approximate surface area is 154 Å². The minimum atomic E-state index is -3.72. The van der Waals surface area contributed by atoms with Crippen LogP contribution in [0.15, 0.2) is 23.2 Å². The van der Waals surface area contributed by atoms with Gasteiger partial charge in [-0.05, 0) is 19.1 Å². The van der Waals surface area contributed by atoms with E-state index in [-0.39, 0.29) is 36.0 Å². The first-order valence-electron chi connectivity index (χ1n) is 8.81. The summed E-state index contributed by atoms with van der Waals surface area (Å²) < 4.78 is 37.9. The summed E-state index contributed by atoms with van der Waals surface area (Å²) in [5.74, 6) is -0.845. The number of hydrogen-bond acceptors (Lipinski definition) is 6. The van der Waals surface area contributed by atoms with Gasteiger partial charge in [0.15, 0.2) is 0 Å². The summed E-state index contributed by atoms with van der Waals surface area (Å²) in [6.07, 6.45) is 1.40. The minimum absolute atomic E-state index is 0.117. The highest BCUT2D eigenvalue weighted by Gasteiger charge is 2.58. The van der Waals surface area contributed by atoms with Crippen LogP contribution in [0, 0.1) is 11.3 Å². The monoisotopic (exact) mass is 382 g/mol. The number of pyridine rings is 1. The maximum absolute atomic E-state index is 13.0. The smallest absolute Gasteiger partial charge is 0.311 e. The Bertz CT molecular complexity index is 779. The lowest BCUT2D eigenvalue weighted by Crippen LogP contribution is -2.51. The van der Waals surface area contributed by atoms with Crippen molar-refractivity contribution in [2.45, 2.75) is 38.0 Å². The minimum Gasteiger partial charge on any atom is -0.466 e. The molecule has 0 saturated carbocycles. The van der Waals surface area contributed by atoms with Crippen molar-refractivity contribution < 1.29 is 22.7 Å². The van der Waals surface area contributed by atoms with E-state index in [0.29, 0.717) is 13.2 Å². The van der Waals surface area contributed by atoms with Crippen LogP contribution >= 0.6 is 0 Å². The number of ether oxygens (including phenoxy) is 2. The van der Waals surface area contributed by atoms with Crippen LogP contribution in [0.2, 0.25) is 0 Å². The predicted molar refractivity (Wildman–Crippen MR) is 95.1 cm³/mol. The van der Waals surface area contributed by atoms with E-state index in [4.69, 9.17) is 9.47 Å². The molecule has 26 heavy (non-hydrogen) atoms. The molecule has 1 aromatic rings. The molecule has 0 amide bonds. The second-order valence-corrected chi connectivity index (χ2v) is 10.0. The van der Waals surface area contributed by atoms with E-state index in [0.717, 1.165) is 5.69 Å². The molecule has 0 aromatic carbocycles. The van der Waals surface area contributed by atoms with Gasteiger partial charge in [-0.15, -0.1) is 0 Å². The molecule has 3 heterocycles. The number of carbonyl (C=O) groups is 1. The first-order chi connectivity index (χ1) is 12.1. The molecular formula is C18H26N2O5S. The second kappa shape index (κ2) is 6.58. The van der Waals surface area contributed by atoms with Crippen LogP contribution in [-0.4, -0.2) is 56.6 Å². The Hall–Kier alpha value is -1.51. The molecule has 7 nitrogen and oxygen atoms in total. The van der Waals surface area contributed by atoms with E-state index in [1.807, 2.05) is 20.8 Å². The fourth-order valence-electron chi connectivity index (χ4n) is 3.46. The van der Waals surface area contributed by atoms with Crippen LogP contribution in [0.25, 0.3) is 0 Å². The van der Waals surface area contributed by atoms with Crippen molar-refractivity contribution in [3.63, 3.8) is 0 Å². The van der Waals surface area contributed by atoms with Gasteiger partial charge in [0.25, 0.3) is 0 Å². The van der Waals surface area contributed by atoms with Gasteiger partial charge in [0.05, 0.1) is 25.7 Å². The fourth-order valence-corrected chi connectivity index (χ4v) is 4.95. The SMILES string of the molecule is CCOC(=O)C1CN(S(=O)(=O)c2ccc(C(C)(C)C)nc2)CC12COC2. The van der Waals surface area contributed by atoms with Gasteiger partial charge in [-0.25, -0.2) is 8.42 Å². The molecular weight excluding hydrogens is 356 g/mol. The Morgan fingerprint density at radius 2 is 2.08 bits per heavy atom. The Balaban J connectivity index is 1.85. The molecule has 1 unspecified atom stereocenters. The third kappa shape index (κ3) is 3.25. The molecule has 3 rings (SSSR count). The lowest BCUT2D eigenvalue weighted by molar-refractivity contribution is -0.169. The van der Waals surface area contributed by atoms with E-state index >= 15 is 0 Å². The van der Waals surface area contributed by atoms with Crippen molar-refractivity contribution in [3.05, 3.63) is 24.0 Å². The van der Waals surface area contributed by atoms with Gasteiger partial charge >= 0.3 is 5.97 Å². The van der Waals surface area contributed by atoms with Crippen molar-refractivity contribution in [1.82, 2.24) is 9.29 Å². The van der Waals surface area contributed by atoms with Crippen molar-refractivity contribution in [3.8, 4) is 0 Å². The van der Waals surface area contributed by atoms with E-state index < -0.39 is 21.4 Å². The van der Waals surface area contributed by atoms with E-state index in [9.17, 15) is 13.2 Å². The first kappa shape index (κ1) is 19.3. The van der Waals surface area contributed by atoms with Gasteiger partial charge in [0.2, 0.25) is 10.0 Å². The molecule has 1 atom stereocenters. The average Bonchev–Trinajstić information content (AvgIpc) is 2.96. The lowest BCUT2D eigenvalue weighted by atomic mass is 9.76. The van der Waals surface area contributed by atoms with Crippen molar-refractivity contribution in [2.24, 2.45) is 11.3 Å². The third-order valence-electron chi connectivity index (χ3n) is 5.11. The highest BCUT2D eigenvalue weighted by molar-refractivity contribution is 7.89. The number of carbonyl (C=O) groups excluding carboxylic acids is 1. The molecule has 0 N–H and O–H groups in total. The molecule has 1 spiro atoms. The predicted octanol–water partition coefficient (Wildman–Crippen LogP) is 1.58. The fraction of sp³-hybridized carbons (Fsp3) is 0.667. The Morgan fingerprint density at radius 3 is 2.54 bits per heavy atom. The third-order valence-corrected chi connectivity index (χ3v) is 6.90. The number of hydrogen-bond donors (Lipinski definition) is 0. The summed E-state index contributed by atoms with van der Waals surface area (Å²) in [5.41, 5.74) is 0.197. The summed E-state index contributed by atoms with van der Waals surface area (Å²) >= 11 is 0. The van der Waals surface area contributed by atoms with Crippen molar-refractivity contribution in [1.29, 1.82) is 0 Å². The zero-order valence-electron chi connectivity index (χ0n) is 15.7. The topological polar surface area (TPSA) is 85.8 Å².